The molecule has 0 saturated heterocycles. The van der Waals surface area contributed by atoms with Crippen LogP contribution in [0.2, 0.25) is 0 Å². The third-order valence-corrected chi connectivity index (χ3v) is 14.5. The summed E-state index contributed by atoms with van der Waals surface area (Å²) in [6.07, 6.45) is 0. The van der Waals surface area contributed by atoms with Gasteiger partial charge in [0.25, 0.3) is 17.7 Å². The van der Waals surface area contributed by atoms with Crippen LogP contribution in [-0.2, 0) is 30.6 Å². The molecule has 3 amide bonds. The number of nitrogens with one attached hydrogen (secondary N) is 3. The fourth-order valence-corrected chi connectivity index (χ4v) is 9.46. The van der Waals surface area contributed by atoms with Crippen molar-refractivity contribution in [2.24, 2.45) is 0 Å². The van der Waals surface area contributed by atoms with Gasteiger partial charge in [0.2, 0.25) is 0 Å². The number of hydrogen-bond donors (Lipinski definition) is 6. The fraction of sp³-hybridized carbons (Fsp3) is 0.274. The molecule has 12 rings (SSSR count). The minimum atomic E-state index is -0.195. The predicted octanol–water partition coefficient (Wildman–Crippen LogP) is 12.4. The van der Waals surface area contributed by atoms with Crippen LogP contribution in [0.5, 0.6) is 17.2 Å². The van der Waals surface area contributed by atoms with E-state index in [4.69, 9.17) is 0 Å². The number of aryl methyl sites for hydroxylation is 2. The standard InChI is InChI=1S/C24H30N4O2.C20H22N4O2.C18H18N4O2/c1-14(2)22(30)25-16-9-10-18-19(13-16)27-26(18)28(27)20-12-15(23(3,4)5)11-17(21(20)29)24(6,7)8;1-12(2)19(26)21-14-7-8-15-16(11-14)23-22(15)24(23)17-10-13(20(3,4)5)6-9-18(17)25;1-10(2)18(24)19-13-5-6-14-15(9-13)21-20(14)22(21)16-7-11(3)12(4)8-17(16)23/h9-13,29H,1H2,2-8H3,(H,25,30);6-11,25H,1H2,2-5H3,(H,21,26);5-9,23H,1H2,2-4H3,(H,19,24). The molecule has 0 aliphatic rings. The SMILES string of the molecule is C=C(C)C(=O)Nc1ccc2c(c1)n1n(-c3cc(C(C)(C)C)cc(C(C)(C)C)c3O)n21.C=C(C)C(=O)Nc1ccc2c(c1)n1n(-c3cc(C(C)(C)C)ccc3O)n21.C=C(C)C(=O)Nc1ccc2c(c1)n1n(-c3cc(C)c(C)cc3O)n21. The Balaban J connectivity index is 0.000000136. The number of rotatable bonds is 9. The van der Waals surface area contributed by atoms with Gasteiger partial charge in [0, 0.05) is 39.3 Å². The molecule has 18 nitrogen and oxygen atoms in total. The van der Waals surface area contributed by atoms with E-state index in [-0.39, 0.29) is 45.5 Å². The quantitative estimate of drug-likeness (QED) is 0.0780. The average Bonchev–Trinajstić information content (AvgIpc) is 4.43. The molecule has 0 fully saturated rings. The maximum atomic E-state index is 11.9. The van der Waals surface area contributed by atoms with Gasteiger partial charge in [0.1, 0.15) is 67.4 Å². The monoisotopic (exact) mass is 1080 g/mol. The molecule has 414 valence electrons. The average molecular weight is 1080 g/mol. The Morgan fingerprint density at radius 2 is 0.750 bits per heavy atom. The highest BCUT2D eigenvalue weighted by Gasteiger charge is 2.33. The van der Waals surface area contributed by atoms with Crippen molar-refractivity contribution < 1.29 is 29.7 Å². The smallest absolute Gasteiger partial charge is 0.250 e. The van der Waals surface area contributed by atoms with Crippen LogP contribution in [0.3, 0.4) is 0 Å². The summed E-state index contributed by atoms with van der Waals surface area (Å²) in [5.74, 6) is 0.189. The van der Waals surface area contributed by atoms with Crippen molar-refractivity contribution in [3.63, 3.8) is 0 Å². The van der Waals surface area contributed by atoms with Crippen molar-refractivity contribution in [2.75, 3.05) is 16.0 Å². The van der Waals surface area contributed by atoms with Gasteiger partial charge in [-0.15, -0.1) is 42.2 Å². The summed E-state index contributed by atoms with van der Waals surface area (Å²) in [6, 6.07) is 30.8. The lowest BCUT2D eigenvalue weighted by Crippen LogP contribution is -2.17. The van der Waals surface area contributed by atoms with Crippen molar-refractivity contribution in [3.8, 4) is 34.3 Å². The van der Waals surface area contributed by atoms with E-state index in [1.807, 2.05) is 129 Å². The highest BCUT2D eigenvalue weighted by Crippen LogP contribution is 2.42. The van der Waals surface area contributed by atoms with Crippen molar-refractivity contribution in [2.45, 2.75) is 113 Å². The molecule has 0 unspecified atom stereocenters. The van der Waals surface area contributed by atoms with Gasteiger partial charge in [-0.2, -0.15) is 0 Å². The maximum Gasteiger partial charge on any atom is 0.250 e. The molecule has 0 radical (unpaired) electrons. The lowest BCUT2D eigenvalue weighted by Gasteiger charge is -2.26. The normalized spacial score (nSPS) is 12.3. The number of nitrogens with zero attached hydrogens (tertiary/aromatic N) is 9. The zero-order chi connectivity index (χ0) is 58.1. The Hall–Kier alpha value is -9.45. The molecule has 18 heteroatoms. The van der Waals surface area contributed by atoms with Crippen molar-refractivity contribution in [3.05, 3.63) is 161 Å². The lowest BCUT2D eigenvalue weighted by atomic mass is 9.80. The number of anilines is 3. The molecule has 80 heavy (non-hydrogen) atoms. The van der Waals surface area contributed by atoms with E-state index in [0.29, 0.717) is 22.5 Å². The van der Waals surface area contributed by atoms with Crippen LogP contribution in [0.4, 0.5) is 17.1 Å². The molecule has 6 N–H and O–H groups in total. The zero-order valence-corrected chi connectivity index (χ0v) is 48.0. The lowest BCUT2D eigenvalue weighted by molar-refractivity contribution is -0.113. The summed E-state index contributed by atoms with van der Waals surface area (Å²) in [5, 5.41) is 40.2. The highest BCUT2D eigenvalue weighted by atomic mass is 16.3. The summed E-state index contributed by atoms with van der Waals surface area (Å²) in [5.41, 5.74) is 17.0. The van der Waals surface area contributed by atoms with E-state index < -0.39 is 0 Å². The molecule has 0 bridgehead atoms. The Kier molecular flexibility index (Phi) is 12.5. The van der Waals surface area contributed by atoms with E-state index in [1.165, 1.54) is 5.56 Å². The van der Waals surface area contributed by atoms with Gasteiger partial charge >= 0.3 is 0 Å². The van der Waals surface area contributed by atoms with Crippen LogP contribution in [0, 0.1) is 13.8 Å². The van der Waals surface area contributed by atoms with E-state index in [0.717, 1.165) is 89.5 Å². The Morgan fingerprint density at radius 3 is 1.12 bits per heavy atom. The number of carbonyl (C=O) groups excluding carboxylic acids is 3. The van der Waals surface area contributed by atoms with Crippen molar-refractivity contribution >= 4 is 67.9 Å². The molecule has 6 aromatic carbocycles. The number of aromatic hydroxyl groups is 3. The molecular weight excluding hydrogens is 1010 g/mol. The summed E-state index contributed by atoms with van der Waals surface area (Å²) in [4.78, 5) is 41.3. The first-order valence-electron chi connectivity index (χ1n) is 26.4. The van der Waals surface area contributed by atoms with Crippen LogP contribution in [-0.4, -0.2) is 75.2 Å². The third kappa shape index (κ3) is 9.39. The summed E-state index contributed by atoms with van der Waals surface area (Å²) < 4.78 is 11.8. The number of phenols is 3. The molecule has 0 spiro atoms. The Labute approximate surface area is 462 Å². The molecular formula is C62H70N12O6. The first-order chi connectivity index (χ1) is 37.4. The number of phenolic OH excluding ortho intramolecular Hbond substituents is 3. The van der Waals surface area contributed by atoms with Crippen molar-refractivity contribution in [1.29, 1.82) is 0 Å². The third-order valence-electron chi connectivity index (χ3n) is 14.5. The number of amides is 3. The maximum absolute atomic E-state index is 11.9. The second-order valence-corrected chi connectivity index (χ2v) is 24.2. The van der Waals surface area contributed by atoms with Gasteiger partial charge < -0.3 is 31.3 Å². The van der Waals surface area contributed by atoms with Gasteiger partial charge in [-0.3, -0.25) is 14.4 Å². The number of hydrogen-bond acceptors (Lipinski definition) is 6. The fourth-order valence-electron chi connectivity index (χ4n) is 9.46. The predicted molar refractivity (Wildman–Crippen MR) is 317 cm³/mol. The minimum Gasteiger partial charge on any atom is -0.506 e. The Bertz CT molecular complexity index is 4440. The molecule has 12 aromatic rings. The topological polar surface area (TPSA) is 189 Å². The number of fused-ring (bicyclic) bond motifs is 12. The van der Waals surface area contributed by atoms with Gasteiger partial charge in [0.15, 0.2) is 0 Å². The molecule has 0 aliphatic heterocycles. The van der Waals surface area contributed by atoms with Gasteiger partial charge in [0.05, 0.1) is 0 Å². The van der Waals surface area contributed by atoms with Crippen LogP contribution in [0.15, 0.2) is 134 Å². The number of benzene rings is 6. The first-order valence-corrected chi connectivity index (χ1v) is 26.4. The van der Waals surface area contributed by atoms with Crippen LogP contribution >= 0.6 is 0 Å². The van der Waals surface area contributed by atoms with Gasteiger partial charge in [-0.05, 0) is 158 Å². The van der Waals surface area contributed by atoms with Gasteiger partial charge in [-0.1, -0.05) is 94.2 Å². The largest absolute Gasteiger partial charge is 0.506 e. The minimum absolute atomic E-state index is 0.00494. The van der Waals surface area contributed by atoms with Crippen molar-refractivity contribution in [1.82, 2.24) is 42.2 Å². The molecule has 0 saturated carbocycles. The second kappa shape index (κ2) is 18.6. The molecule has 0 aliphatic carbocycles. The molecule has 6 heterocycles. The number of aromatic nitrogens is 9. The zero-order valence-electron chi connectivity index (χ0n) is 48.0. The second-order valence-electron chi connectivity index (χ2n) is 24.2. The first kappa shape index (κ1) is 53.9. The highest BCUT2D eigenvalue weighted by molar-refractivity contribution is 6.05. The molecule has 0 atom stereocenters. The van der Waals surface area contributed by atoms with Crippen LogP contribution in [0.25, 0.3) is 50.2 Å². The summed E-state index contributed by atoms with van der Waals surface area (Å²) in [6.45, 7) is 39.3. The van der Waals surface area contributed by atoms with E-state index >= 15 is 0 Å². The summed E-state index contributed by atoms with van der Waals surface area (Å²) >= 11 is 0. The van der Waals surface area contributed by atoms with E-state index in [2.05, 4.69) is 110 Å². The van der Waals surface area contributed by atoms with Crippen LogP contribution < -0.4 is 16.0 Å². The number of carbonyl (C=O) groups is 3. The van der Waals surface area contributed by atoms with E-state index in [9.17, 15) is 29.7 Å². The van der Waals surface area contributed by atoms with E-state index in [1.54, 1.807) is 32.9 Å². The van der Waals surface area contributed by atoms with Crippen LogP contribution in [0.1, 0.15) is 111 Å². The van der Waals surface area contributed by atoms with Gasteiger partial charge in [-0.25, -0.2) is 0 Å². The summed E-state index contributed by atoms with van der Waals surface area (Å²) in [7, 11) is 0. The molecule has 6 aromatic heterocycles. The Morgan fingerprint density at radius 1 is 0.400 bits per heavy atom.